The van der Waals surface area contributed by atoms with Gasteiger partial charge in [-0.15, -0.1) is 0 Å². The summed E-state index contributed by atoms with van der Waals surface area (Å²) < 4.78 is 33.7. The molecule has 0 N–H and O–H groups in total. The fourth-order valence-corrected chi connectivity index (χ4v) is 5.48. The first-order valence-corrected chi connectivity index (χ1v) is 11.8. The summed E-state index contributed by atoms with van der Waals surface area (Å²) >= 11 is 0. The quantitative estimate of drug-likeness (QED) is 0.560. The van der Waals surface area contributed by atoms with Crippen LogP contribution in [0.25, 0.3) is 11.1 Å². The van der Waals surface area contributed by atoms with E-state index < -0.39 is 15.8 Å². The maximum atomic E-state index is 12.8. The van der Waals surface area contributed by atoms with E-state index in [-0.39, 0.29) is 29.4 Å². The molecule has 1 aromatic heterocycles. The highest BCUT2D eigenvalue weighted by Gasteiger charge is 2.28. The van der Waals surface area contributed by atoms with Crippen molar-refractivity contribution >= 4 is 32.7 Å². The number of aryl methyl sites for hydroxylation is 1. The van der Waals surface area contributed by atoms with Gasteiger partial charge in [-0.05, 0) is 44.0 Å². The van der Waals surface area contributed by atoms with Crippen LogP contribution < -0.4 is 10.7 Å². The Balaban J connectivity index is 1.55. The number of rotatable bonds is 7. The van der Waals surface area contributed by atoms with E-state index in [0.717, 1.165) is 18.5 Å². The number of aromatic nitrogens is 1. The van der Waals surface area contributed by atoms with E-state index in [2.05, 4.69) is 0 Å². The zero-order chi connectivity index (χ0) is 22.0. The standard InChI is InChI=1S/C22H25N3O5S/c1-2-24(17-8-4-3-5-9-17)21(26)12-15-25-19-11-10-18(16-20(19)30-22(25)27)31(28,29)23-13-6-7-14-23/h3-5,8-11,16H,2,6-7,12-15H2,1H3. The number of para-hydroxylation sites is 1. The molecule has 1 fully saturated rings. The molecule has 3 aromatic rings. The highest BCUT2D eigenvalue weighted by atomic mass is 32.2. The smallest absolute Gasteiger partial charge is 0.408 e. The molecule has 1 aliphatic heterocycles. The zero-order valence-corrected chi connectivity index (χ0v) is 18.2. The Kier molecular flexibility index (Phi) is 5.97. The van der Waals surface area contributed by atoms with Crippen LogP contribution in [0.3, 0.4) is 0 Å². The SMILES string of the molecule is CCN(C(=O)CCn1c(=O)oc2cc(S(=O)(=O)N3CCCC3)ccc21)c1ccccc1. The molecule has 0 bridgehead atoms. The van der Waals surface area contributed by atoms with Crippen LogP contribution in [0.2, 0.25) is 0 Å². The van der Waals surface area contributed by atoms with Crippen LogP contribution in [0.1, 0.15) is 26.2 Å². The molecule has 2 aromatic carbocycles. The molecule has 8 nitrogen and oxygen atoms in total. The monoisotopic (exact) mass is 443 g/mol. The molecule has 1 saturated heterocycles. The van der Waals surface area contributed by atoms with Crippen LogP contribution in [-0.2, 0) is 21.4 Å². The third kappa shape index (κ3) is 4.15. The summed E-state index contributed by atoms with van der Waals surface area (Å²) in [7, 11) is -3.60. The van der Waals surface area contributed by atoms with Crippen molar-refractivity contribution in [2.45, 2.75) is 37.6 Å². The van der Waals surface area contributed by atoms with Crippen molar-refractivity contribution in [1.29, 1.82) is 0 Å². The number of nitrogens with zero attached hydrogens (tertiary/aromatic N) is 3. The van der Waals surface area contributed by atoms with Crippen LogP contribution in [0.4, 0.5) is 5.69 Å². The number of fused-ring (bicyclic) bond motifs is 1. The van der Waals surface area contributed by atoms with E-state index in [9.17, 15) is 18.0 Å². The first kappa shape index (κ1) is 21.3. The molecule has 0 aliphatic carbocycles. The first-order valence-electron chi connectivity index (χ1n) is 10.4. The number of carbonyl (C=O) groups is 1. The number of carbonyl (C=O) groups excluding carboxylic acids is 1. The molecule has 1 amide bonds. The van der Waals surface area contributed by atoms with Gasteiger partial charge in [-0.1, -0.05) is 18.2 Å². The number of hydrogen-bond donors (Lipinski definition) is 0. The van der Waals surface area contributed by atoms with Gasteiger partial charge in [-0.3, -0.25) is 9.36 Å². The van der Waals surface area contributed by atoms with Gasteiger partial charge in [-0.25, -0.2) is 13.2 Å². The molecule has 0 spiro atoms. The molecule has 2 heterocycles. The molecule has 0 unspecified atom stereocenters. The zero-order valence-electron chi connectivity index (χ0n) is 17.4. The van der Waals surface area contributed by atoms with Crippen molar-refractivity contribution in [1.82, 2.24) is 8.87 Å². The lowest BCUT2D eigenvalue weighted by Crippen LogP contribution is -2.32. The lowest BCUT2D eigenvalue weighted by Gasteiger charge is -2.21. The summed E-state index contributed by atoms with van der Waals surface area (Å²) in [5.41, 5.74) is 1.48. The normalized spacial score (nSPS) is 14.9. The number of anilines is 1. The van der Waals surface area contributed by atoms with Crippen molar-refractivity contribution in [3.05, 3.63) is 59.1 Å². The Hall–Kier alpha value is -2.91. The van der Waals surface area contributed by atoms with E-state index >= 15 is 0 Å². The van der Waals surface area contributed by atoms with Crippen molar-refractivity contribution < 1.29 is 17.6 Å². The highest BCUT2D eigenvalue weighted by Crippen LogP contribution is 2.24. The summed E-state index contributed by atoms with van der Waals surface area (Å²) in [6.45, 7) is 3.56. The van der Waals surface area contributed by atoms with E-state index in [1.54, 1.807) is 11.0 Å². The summed E-state index contributed by atoms with van der Waals surface area (Å²) in [6, 6.07) is 13.8. The first-order chi connectivity index (χ1) is 14.9. The van der Waals surface area contributed by atoms with Gasteiger partial charge in [0.15, 0.2) is 5.58 Å². The van der Waals surface area contributed by atoms with Gasteiger partial charge >= 0.3 is 5.76 Å². The molecule has 9 heteroatoms. The Morgan fingerprint density at radius 2 is 1.81 bits per heavy atom. The fraction of sp³-hybridized carbons (Fsp3) is 0.364. The van der Waals surface area contributed by atoms with Crippen LogP contribution in [-0.4, -0.2) is 42.8 Å². The molecule has 164 valence electrons. The van der Waals surface area contributed by atoms with Crippen LogP contribution in [0.5, 0.6) is 0 Å². The molecule has 4 rings (SSSR count). The third-order valence-electron chi connectivity index (χ3n) is 5.58. The Morgan fingerprint density at radius 3 is 2.48 bits per heavy atom. The number of hydrogen-bond acceptors (Lipinski definition) is 5. The molecule has 1 aliphatic rings. The summed E-state index contributed by atoms with van der Waals surface area (Å²) in [6.07, 6.45) is 1.81. The maximum absolute atomic E-state index is 12.8. The minimum absolute atomic E-state index is 0.108. The Morgan fingerprint density at radius 1 is 1.10 bits per heavy atom. The van der Waals surface area contributed by atoms with Gasteiger partial charge in [0, 0.05) is 44.4 Å². The maximum Gasteiger partial charge on any atom is 0.419 e. The molecule has 0 saturated carbocycles. The van der Waals surface area contributed by atoms with Gasteiger partial charge in [-0.2, -0.15) is 4.31 Å². The average molecular weight is 444 g/mol. The molecular weight excluding hydrogens is 418 g/mol. The molecule has 31 heavy (non-hydrogen) atoms. The van der Waals surface area contributed by atoms with Gasteiger partial charge in [0.1, 0.15) is 0 Å². The summed E-state index contributed by atoms with van der Waals surface area (Å²) in [4.78, 5) is 26.9. The predicted molar refractivity (Wildman–Crippen MR) is 118 cm³/mol. The number of oxazole rings is 1. The van der Waals surface area contributed by atoms with Crippen molar-refractivity contribution in [2.75, 3.05) is 24.5 Å². The minimum atomic E-state index is -3.60. The molecular formula is C22H25N3O5S. The largest absolute Gasteiger partial charge is 0.419 e. The second-order valence-corrected chi connectivity index (χ2v) is 9.42. The highest BCUT2D eigenvalue weighted by molar-refractivity contribution is 7.89. The third-order valence-corrected chi connectivity index (χ3v) is 7.47. The second kappa shape index (κ2) is 8.68. The topological polar surface area (TPSA) is 92.8 Å². The van der Waals surface area contributed by atoms with E-state index in [1.165, 1.54) is 21.0 Å². The van der Waals surface area contributed by atoms with Crippen LogP contribution >= 0.6 is 0 Å². The molecule has 0 atom stereocenters. The van der Waals surface area contributed by atoms with Crippen molar-refractivity contribution in [3.63, 3.8) is 0 Å². The second-order valence-electron chi connectivity index (χ2n) is 7.48. The van der Waals surface area contributed by atoms with E-state index in [4.69, 9.17) is 4.42 Å². The van der Waals surface area contributed by atoms with Gasteiger partial charge in [0.2, 0.25) is 15.9 Å². The van der Waals surface area contributed by atoms with Gasteiger partial charge in [0.05, 0.1) is 10.4 Å². The van der Waals surface area contributed by atoms with Gasteiger partial charge in [0.25, 0.3) is 0 Å². The van der Waals surface area contributed by atoms with E-state index in [1.807, 2.05) is 37.3 Å². The van der Waals surface area contributed by atoms with Crippen molar-refractivity contribution in [3.8, 4) is 0 Å². The van der Waals surface area contributed by atoms with Gasteiger partial charge < -0.3 is 9.32 Å². The average Bonchev–Trinajstić information content (AvgIpc) is 3.41. The van der Waals surface area contributed by atoms with Crippen molar-refractivity contribution in [2.24, 2.45) is 0 Å². The number of amides is 1. The lowest BCUT2D eigenvalue weighted by molar-refractivity contribution is -0.118. The fourth-order valence-electron chi connectivity index (χ4n) is 3.95. The molecule has 0 radical (unpaired) electrons. The Labute approximate surface area is 180 Å². The summed E-state index contributed by atoms with van der Waals surface area (Å²) in [5, 5.41) is 0. The van der Waals surface area contributed by atoms with Crippen LogP contribution in [0, 0.1) is 0 Å². The predicted octanol–water partition coefficient (Wildman–Crippen LogP) is 2.82. The summed E-state index contributed by atoms with van der Waals surface area (Å²) in [5.74, 6) is -0.718. The van der Waals surface area contributed by atoms with Crippen LogP contribution in [0.15, 0.2) is 62.6 Å². The lowest BCUT2D eigenvalue weighted by atomic mass is 10.2. The van der Waals surface area contributed by atoms with E-state index in [0.29, 0.717) is 25.2 Å². The number of sulfonamides is 1. The Bertz CT molecular complexity index is 1240. The number of benzene rings is 2. The minimum Gasteiger partial charge on any atom is -0.408 e.